The maximum atomic E-state index is 11.5. The minimum atomic E-state index is -0.391. The van der Waals surface area contributed by atoms with E-state index in [1.165, 1.54) is 0 Å². The molecule has 15 heavy (non-hydrogen) atoms. The molecule has 80 valence electrons. The van der Waals surface area contributed by atoms with Crippen molar-refractivity contribution >= 4 is 24.1 Å². The summed E-state index contributed by atoms with van der Waals surface area (Å²) >= 11 is 0.924. The maximum absolute atomic E-state index is 11.5. The van der Waals surface area contributed by atoms with Crippen molar-refractivity contribution in [3.63, 3.8) is 0 Å². The van der Waals surface area contributed by atoms with Gasteiger partial charge in [-0.1, -0.05) is 30.1 Å². The average molecular weight is 224 g/mol. The number of hydrogen-bond acceptors (Lipinski definition) is 4. The largest absolute Gasteiger partial charge is 0.350 e. The normalized spacial score (nSPS) is 11.8. The van der Waals surface area contributed by atoms with Gasteiger partial charge in [0.2, 0.25) is 0 Å². The van der Waals surface area contributed by atoms with Crippen LogP contribution in [0.2, 0.25) is 0 Å². The summed E-state index contributed by atoms with van der Waals surface area (Å²) < 4.78 is 0. The van der Waals surface area contributed by atoms with Gasteiger partial charge in [-0.25, -0.2) is 0 Å². The van der Waals surface area contributed by atoms with Crippen LogP contribution in [0.25, 0.3) is 0 Å². The quantitative estimate of drug-likeness (QED) is 0.567. The van der Waals surface area contributed by atoms with Crippen LogP contribution >= 0.6 is 11.9 Å². The molecule has 0 radical (unpaired) electrons. The van der Waals surface area contributed by atoms with E-state index in [0.717, 1.165) is 18.2 Å². The fraction of sp³-hybridized carbons (Fsp3) is 0.200. The van der Waals surface area contributed by atoms with E-state index in [1.54, 1.807) is 24.3 Å². The van der Waals surface area contributed by atoms with Gasteiger partial charge in [0.05, 0.1) is 5.25 Å². The zero-order valence-electron chi connectivity index (χ0n) is 8.05. The van der Waals surface area contributed by atoms with Crippen molar-refractivity contribution in [3.05, 3.63) is 35.9 Å². The maximum Gasteiger partial charge on any atom is 0.251 e. The summed E-state index contributed by atoms with van der Waals surface area (Å²) in [5.41, 5.74) is 0.573. The van der Waals surface area contributed by atoms with E-state index >= 15 is 0 Å². The van der Waals surface area contributed by atoms with E-state index in [2.05, 4.69) is 5.32 Å². The molecule has 1 unspecified atom stereocenters. The molecule has 0 aliphatic carbocycles. The summed E-state index contributed by atoms with van der Waals surface area (Å²) in [6.45, 7) is 0.248. The monoisotopic (exact) mass is 224 g/mol. The molecule has 0 aliphatic heterocycles. The van der Waals surface area contributed by atoms with E-state index in [-0.39, 0.29) is 12.5 Å². The van der Waals surface area contributed by atoms with Crippen LogP contribution < -0.4 is 10.5 Å². The lowest BCUT2D eigenvalue weighted by atomic mass is 10.2. The summed E-state index contributed by atoms with van der Waals surface area (Å²) in [7, 11) is 0. The number of rotatable bonds is 5. The molecular weight excluding hydrogens is 212 g/mol. The number of nitrogens with one attached hydrogen (secondary N) is 1. The fourth-order valence-electron chi connectivity index (χ4n) is 1.01. The molecule has 0 saturated carbocycles. The summed E-state index contributed by atoms with van der Waals surface area (Å²) in [6, 6.07) is 8.82. The molecule has 1 aromatic rings. The third kappa shape index (κ3) is 3.73. The molecule has 0 aliphatic rings. The number of carbonyl (C=O) groups is 2. The molecular formula is C10H12N2O2S. The predicted octanol–water partition coefficient (Wildman–Crippen LogP) is 0.591. The molecule has 0 fully saturated rings. The average Bonchev–Trinajstić information content (AvgIpc) is 2.31. The first-order valence-corrected chi connectivity index (χ1v) is 5.36. The molecule has 0 heterocycles. The highest BCUT2D eigenvalue weighted by Crippen LogP contribution is 2.00. The Hall–Kier alpha value is -1.33. The Morgan fingerprint density at radius 1 is 1.47 bits per heavy atom. The summed E-state index contributed by atoms with van der Waals surface area (Å²) in [4.78, 5) is 21.9. The Bertz CT molecular complexity index is 329. The van der Waals surface area contributed by atoms with E-state index < -0.39 is 5.25 Å². The number of carbonyl (C=O) groups excluding carboxylic acids is 2. The van der Waals surface area contributed by atoms with Crippen molar-refractivity contribution in [2.45, 2.75) is 5.25 Å². The number of benzene rings is 1. The molecule has 5 heteroatoms. The van der Waals surface area contributed by atoms with Gasteiger partial charge >= 0.3 is 0 Å². The minimum Gasteiger partial charge on any atom is -0.350 e. The second kappa shape index (κ2) is 6.21. The molecule has 1 amide bonds. The Morgan fingerprint density at radius 3 is 2.67 bits per heavy atom. The number of hydrogen-bond donors (Lipinski definition) is 2. The summed E-state index contributed by atoms with van der Waals surface area (Å²) in [6.07, 6.45) is 0.718. The van der Waals surface area contributed by atoms with Crippen LogP contribution in [0.3, 0.4) is 0 Å². The highest BCUT2D eigenvalue weighted by Gasteiger charge is 2.09. The van der Waals surface area contributed by atoms with Gasteiger partial charge in [-0.2, -0.15) is 0 Å². The third-order valence-electron chi connectivity index (χ3n) is 1.83. The van der Waals surface area contributed by atoms with Gasteiger partial charge in [0.15, 0.2) is 0 Å². The van der Waals surface area contributed by atoms with Gasteiger partial charge in [0.25, 0.3) is 5.91 Å². The fourth-order valence-corrected chi connectivity index (χ4v) is 1.26. The first-order valence-electron chi connectivity index (χ1n) is 4.42. The van der Waals surface area contributed by atoms with Crippen LogP contribution in [0.1, 0.15) is 10.4 Å². The smallest absolute Gasteiger partial charge is 0.251 e. The Balaban J connectivity index is 2.46. The lowest BCUT2D eigenvalue weighted by Crippen LogP contribution is -2.32. The molecule has 0 bridgehead atoms. The number of nitrogens with two attached hydrogens (primary N) is 1. The van der Waals surface area contributed by atoms with Crippen molar-refractivity contribution in [1.82, 2.24) is 5.32 Å². The van der Waals surface area contributed by atoms with Crippen molar-refractivity contribution in [1.29, 1.82) is 0 Å². The molecule has 1 rings (SSSR count). The second-order valence-electron chi connectivity index (χ2n) is 2.89. The van der Waals surface area contributed by atoms with Gasteiger partial charge in [-0.3, -0.25) is 9.93 Å². The van der Waals surface area contributed by atoms with E-state index in [0.29, 0.717) is 5.56 Å². The van der Waals surface area contributed by atoms with Gasteiger partial charge < -0.3 is 10.1 Å². The molecule has 0 aromatic heterocycles. The summed E-state index contributed by atoms with van der Waals surface area (Å²) in [5, 5.41) is 7.48. The van der Waals surface area contributed by atoms with Crippen LogP contribution in [-0.4, -0.2) is 24.0 Å². The standard InChI is InChI=1S/C10H12N2O2S/c11-15-9(7-13)6-12-10(14)8-4-2-1-3-5-8/h1-5,7,9H,6,11H2,(H,12,14). The van der Waals surface area contributed by atoms with Crippen LogP contribution in [0, 0.1) is 0 Å². The van der Waals surface area contributed by atoms with Crippen LogP contribution in [0.4, 0.5) is 0 Å². The van der Waals surface area contributed by atoms with E-state index in [4.69, 9.17) is 5.14 Å². The zero-order valence-corrected chi connectivity index (χ0v) is 8.87. The Morgan fingerprint density at radius 2 is 2.13 bits per heavy atom. The first kappa shape index (κ1) is 11.7. The van der Waals surface area contributed by atoms with Gasteiger partial charge in [0.1, 0.15) is 6.29 Å². The zero-order chi connectivity index (χ0) is 11.1. The first-order chi connectivity index (χ1) is 7.27. The van der Waals surface area contributed by atoms with E-state index in [9.17, 15) is 9.59 Å². The topological polar surface area (TPSA) is 72.2 Å². The van der Waals surface area contributed by atoms with Crippen molar-refractivity contribution < 1.29 is 9.59 Å². The summed E-state index contributed by atoms with van der Waals surface area (Å²) in [5.74, 6) is -0.198. The molecule has 1 atom stereocenters. The minimum absolute atomic E-state index is 0.198. The Labute approximate surface area is 92.4 Å². The van der Waals surface area contributed by atoms with Gasteiger partial charge in [-0.05, 0) is 12.1 Å². The predicted molar refractivity (Wildman–Crippen MR) is 60.4 cm³/mol. The highest BCUT2D eigenvalue weighted by atomic mass is 32.2. The number of aldehydes is 1. The molecule has 3 N–H and O–H groups in total. The van der Waals surface area contributed by atoms with Crippen LogP contribution in [0.15, 0.2) is 30.3 Å². The second-order valence-corrected chi connectivity index (χ2v) is 3.76. The lowest BCUT2D eigenvalue weighted by molar-refractivity contribution is -0.107. The molecule has 4 nitrogen and oxygen atoms in total. The van der Waals surface area contributed by atoms with Gasteiger partial charge in [-0.15, -0.1) is 0 Å². The van der Waals surface area contributed by atoms with Crippen molar-refractivity contribution in [2.24, 2.45) is 5.14 Å². The van der Waals surface area contributed by atoms with Crippen molar-refractivity contribution in [2.75, 3.05) is 6.54 Å². The molecule has 0 saturated heterocycles. The van der Waals surface area contributed by atoms with Crippen molar-refractivity contribution in [3.8, 4) is 0 Å². The molecule has 0 spiro atoms. The Kier molecular flexibility index (Phi) is 4.86. The molecule has 1 aromatic carbocycles. The SMILES string of the molecule is NSC(C=O)CNC(=O)c1ccccc1. The van der Waals surface area contributed by atoms with Crippen LogP contribution in [0.5, 0.6) is 0 Å². The third-order valence-corrected chi connectivity index (χ3v) is 2.45. The van der Waals surface area contributed by atoms with E-state index in [1.807, 2.05) is 6.07 Å². The highest BCUT2D eigenvalue weighted by molar-refractivity contribution is 7.98. The number of amides is 1. The van der Waals surface area contributed by atoms with Gasteiger partial charge in [0, 0.05) is 12.1 Å². The van der Waals surface area contributed by atoms with Crippen LogP contribution in [-0.2, 0) is 4.79 Å². The lowest BCUT2D eigenvalue weighted by Gasteiger charge is -2.08.